The molecule has 2 rings (SSSR count). The number of nitrogens with two attached hydrogens (primary N) is 1. The summed E-state index contributed by atoms with van der Waals surface area (Å²) in [7, 11) is 0. The van der Waals surface area contributed by atoms with Gasteiger partial charge in [0.25, 0.3) is 0 Å². The summed E-state index contributed by atoms with van der Waals surface area (Å²) in [6, 6.07) is 5.76. The molecule has 3 nitrogen and oxygen atoms in total. The van der Waals surface area contributed by atoms with Crippen molar-refractivity contribution >= 4 is 0 Å². The topological polar surface area (TPSA) is 59.1 Å². The van der Waals surface area contributed by atoms with Gasteiger partial charge in [0.1, 0.15) is 0 Å². The minimum atomic E-state index is -0.336. The van der Waals surface area contributed by atoms with Crippen LogP contribution >= 0.6 is 0 Å². The monoisotopic (exact) mass is 206 g/mol. The first-order valence-electron chi connectivity index (χ1n) is 5.60. The fourth-order valence-corrected chi connectivity index (χ4v) is 1.93. The van der Waals surface area contributed by atoms with Crippen molar-refractivity contribution in [1.29, 1.82) is 0 Å². The number of hydrogen-bond donors (Lipinski definition) is 2. The van der Waals surface area contributed by atoms with Crippen molar-refractivity contribution in [2.24, 2.45) is 11.7 Å². The van der Waals surface area contributed by atoms with Gasteiger partial charge in [0.15, 0.2) is 0 Å². The number of nitrogens with zero attached hydrogens (tertiary/aromatic N) is 1. The Morgan fingerprint density at radius 2 is 2.27 bits per heavy atom. The zero-order chi connectivity index (χ0) is 10.7. The molecule has 1 aliphatic rings. The number of aliphatic hydroxyl groups is 1. The third kappa shape index (κ3) is 2.76. The van der Waals surface area contributed by atoms with E-state index < -0.39 is 0 Å². The highest BCUT2D eigenvalue weighted by atomic mass is 16.3. The Balaban J connectivity index is 2.01. The van der Waals surface area contributed by atoms with Gasteiger partial charge in [-0.25, -0.2) is 0 Å². The summed E-state index contributed by atoms with van der Waals surface area (Å²) < 4.78 is 0. The predicted molar refractivity (Wildman–Crippen MR) is 59.4 cm³/mol. The quantitative estimate of drug-likeness (QED) is 0.763. The third-order valence-electron chi connectivity index (χ3n) is 3.06. The second-order valence-electron chi connectivity index (χ2n) is 4.34. The molecule has 1 aromatic heterocycles. The molecular formula is C12H18N2O. The maximum atomic E-state index is 10.1. The molecule has 1 fully saturated rings. The molecule has 0 aromatic carbocycles. The van der Waals surface area contributed by atoms with E-state index in [4.69, 9.17) is 5.73 Å². The minimum absolute atomic E-state index is 0.00759. The van der Waals surface area contributed by atoms with Gasteiger partial charge < -0.3 is 10.8 Å². The highest BCUT2D eigenvalue weighted by molar-refractivity contribution is 5.12. The van der Waals surface area contributed by atoms with E-state index in [0.29, 0.717) is 6.54 Å². The summed E-state index contributed by atoms with van der Waals surface area (Å²) in [5.41, 5.74) is 6.61. The van der Waals surface area contributed by atoms with E-state index in [0.717, 1.165) is 18.0 Å². The lowest BCUT2D eigenvalue weighted by molar-refractivity contribution is 0.128. The normalized spacial score (nSPS) is 19.9. The summed E-state index contributed by atoms with van der Waals surface area (Å²) >= 11 is 0. The molecule has 0 spiro atoms. The third-order valence-corrected chi connectivity index (χ3v) is 3.06. The first kappa shape index (κ1) is 10.6. The summed E-state index contributed by atoms with van der Waals surface area (Å²) in [6.07, 6.45) is 4.81. The molecule has 0 saturated heterocycles. The van der Waals surface area contributed by atoms with Gasteiger partial charge in [-0.1, -0.05) is 18.9 Å². The predicted octanol–water partition coefficient (Wildman–Crippen LogP) is 1.28. The van der Waals surface area contributed by atoms with Crippen LogP contribution in [0.3, 0.4) is 0 Å². The summed E-state index contributed by atoms with van der Waals surface area (Å²) in [5, 5.41) is 10.1. The fourth-order valence-electron chi connectivity index (χ4n) is 1.93. The molecule has 2 atom stereocenters. The van der Waals surface area contributed by atoms with Gasteiger partial charge in [-0.05, 0) is 24.5 Å². The van der Waals surface area contributed by atoms with Crippen LogP contribution in [0.2, 0.25) is 0 Å². The number of aliphatic hydroxyl groups excluding tert-OH is 1. The van der Waals surface area contributed by atoms with E-state index in [1.165, 1.54) is 12.8 Å². The Bertz CT molecular complexity index is 298. The van der Waals surface area contributed by atoms with Gasteiger partial charge in [0, 0.05) is 24.4 Å². The second kappa shape index (κ2) is 4.73. The van der Waals surface area contributed by atoms with Crippen LogP contribution in [0.25, 0.3) is 0 Å². The molecule has 1 aliphatic carbocycles. The van der Waals surface area contributed by atoms with Gasteiger partial charge in [0.05, 0.1) is 6.10 Å². The number of aromatic nitrogens is 1. The lowest BCUT2D eigenvalue weighted by Crippen LogP contribution is -2.27. The second-order valence-corrected chi connectivity index (χ2v) is 4.34. The minimum Gasteiger partial charge on any atom is -0.392 e. The van der Waals surface area contributed by atoms with Crippen molar-refractivity contribution in [2.75, 3.05) is 6.54 Å². The standard InChI is InChI=1S/C12H18N2O/c13-8-10(11-3-1-2-6-14-11)12(15)7-9-4-5-9/h1-3,6,9-10,12,15H,4-5,7-8,13H2. The average Bonchev–Trinajstić information content (AvgIpc) is 3.04. The molecule has 0 bridgehead atoms. The van der Waals surface area contributed by atoms with Gasteiger partial charge in [-0.3, -0.25) is 4.98 Å². The van der Waals surface area contributed by atoms with Crippen molar-refractivity contribution in [3.63, 3.8) is 0 Å². The van der Waals surface area contributed by atoms with Crippen molar-refractivity contribution in [3.05, 3.63) is 30.1 Å². The summed E-state index contributed by atoms with van der Waals surface area (Å²) in [6.45, 7) is 0.463. The molecule has 1 aromatic rings. The van der Waals surface area contributed by atoms with Crippen molar-refractivity contribution < 1.29 is 5.11 Å². The largest absolute Gasteiger partial charge is 0.392 e. The van der Waals surface area contributed by atoms with Gasteiger partial charge >= 0.3 is 0 Å². The van der Waals surface area contributed by atoms with Crippen LogP contribution in [-0.2, 0) is 0 Å². The highest BCUT2D eigenvalue weighted by Crippen LogP contribution is 2.36. The SMILES string of the molecule is NCC(c1ccccn1)C(O)CC1CC1. The number of hydrogen-bond acceptors (Lipinski definition) is 3. The maximum Gasteiger partial charge on any atom is 0.0638 e. The summed E-state index contributed by atoms with van der Waals surface area (Å²) in [5.74, 6) is 0.713. The maximum absolute atomic E-state index is 10.1. The number of pyridine rings is 1. The van der Waals surface area contributed by atoms with Crippen molar-refractivity contribution in [1.82, 2.24) is 4.98 Å². The van der Waals surface area contributed by atoms with E-state index in [-0.39, 0.29) is 12.0 Å². The van der Waals surface area contributed by atoms with E-state index >= 15 is 0 Å². The Morgan fingerprint density at radius 1 is 1.47 bits per heavy atom. The van der Waals surface area contributed by atoms with Gasteiger partial charge in [0.2, 0.25) is 0 Å². The van der Waals surface area contributed by atoms with Crippen molar-refractivity contribution in [2.45, 2.75) is 31.3 Å². The van der Waals surface area contributed by atoms with Crippen LogP contribution in [0.1, 0.15) is 30.9 Å². The molecule has 3 N–H and O–H groups in total. The van der Waals surface area contributed by atoms with E-state index in [1.54, 1.807) is 6.20 Å². The van der Waals surface area contributed by atoms with Crippen LogP contribution in [0.5, 0.6) is 0 Å². The summed E-state index contributed by atoms with van der Waals surface area (Å²) in [4.78, 5) is 4.26. The van der Waals surface area contributed by atoms with Crippen LogP contribution < -0.4 is 5.73 Å². The van der Waals surface area contributed by atoms with Crippen LogP contribution in [0, 0.1) is 5.92 Å². The van der Waals surface area contributed by atoms with Gasteiger partial charge in [-0.2, -0.15) is 0 Å². The van der Waals surface area contributed by atoms with E-state index in [2.05, 4.69) is 4.98 Å². The lowest BCUT2D eigenvalue weighted by Gasteiger charge is -2.20. The molecule has 15 heavy (non-hydrogen) atoms. The Labute approximate surface area is 90.3 Å². The van der Waals surface area contributed by atoms with Crippen LogP contribution in [0.4, 0.5) is 0 Å². The smallest absolute Gasteiger partial charge is 0.0638 e. The number of rotatable bonds is 5. The van der Waals surface area contributed by atoms with Gasteiger partial charge in [-0.15, -0.1) is 0 Å². The van der Waals surface area contributed by atoms with Crippen LogP contribution in [0.15, 0.2) is 24.4 Å². The zero-order valence-electron chi connectivity index (χ0n) is 8.84. The molecule has 2 unspecified atom stereocenters. The molecule has 1 heterocycles. The van der Waals surface area contributed by atoms with E-state index in [1.807, 2.05) is 18.2 Å². The first-order chi connectivity index (χ1) is 7.31. The molecule has 1 saturated carbocycles. The molecular weight excluding hydrogens is 188 g/mol. The lowest BCUT2D eigenvalue weighted by atomic mass is 9.94. The highest BCUT2D eigenvalue weighted by Gasteiger charge is 2.29. The first-order valence-corrected chi connectivity index (χ1v) is 5.60. The molecule has 0 radical (unpaired) electrons. The Hall–Kier alpha value is -0.930. The molecule has 3 heteroatoms. The molecule has 0 aliphatic heterocycles. The van der Waals surface area contributed by atoms with Crippen LogP contribution in [-0.4, -0.2) is 22.7 Å². The molecule has 0 amide bonds. The average molecular weight is 206 g/mol. The Kier molecular flexibility index (Phi) is 3.34. The van der Waals surface area contributed by atoms with E-state index in [9.17, 15) is 5.11 Å². The zero-order valence-corrected chi connectivity index (χ0v) is 8.84. The van der Waals surface area contributed by atoms with Crippen molar-refractivity contribution in [3.8, 4) is 0 Å². The molecule has 82 valence electrons. The Morgan fingerprint density at radius 3 is 2.80 bits per heavy atom. The fraction of sp³-hybridized carbons (Fsp3) is 0.583.